The molecule has 0 fully saturated rings. The predicted molar refractivity (Wildman–Crippen MR) is 445 cm³/mol. The van der Waals surface area contributed by atoms with Crippen LogP contribution in [-0.2, 0) is 32.5 Å². The quantitative estimate of drug-likeness (QED) is 0.113. The first kappa shape index (κ1) is 66.2. The fraction of sp³-hybridized carbons (Fsp3) is 0.196. The van der Waals surface area contributed by atoms with Crippen LogP contribution >= 0.6 is 0 Å². The molecule has 0 aliphatic heterocycles. The van der Waals surface area contributed by atoms with Gasteiger partial charge in [0.2, 0.25) is 0 Å². The zero-order valence-electron chi connectivity index (χ0n) is 62.8. The Morgan fingerprint density at radius 2 is 0.433 bits per heavy atom. The normalized spacial score (nSPS) is 15.1. The first-order valence-electron chi connectivity index (χ1n) is 37.4. The number of hydrogen-bond donors (Lipinski definition) is 0. The molecule has 4 aliphatic rings. The molecule has 0 saturated heterocycles. The van der Waals surface area contributed by atoms with Gasteiger partial charge in [-0.25, -0.2) is 0 Å². The second-order valence-electron chi connectivity index (χ2n) is 33.9. The van der Waals surface area contributed by atoms with Gasteiger partial charge in [0.05, 0.1) is 0 Å². The Morgan fingerprint density at radius 1 is 0.212 bits per heavy atom. The zero-order chi connectivity index (χ0) is 72.0. The Kier molecular flexibility index (Phi) is 15.5. The third-order valence-electron chi connectivity index (χ3n) is 23.8. The number of hydrogen-bond acceptors (Lipinski definition) is 2. The van der Waals surface area contributed by atoms with Crippen molar-refractivity contribution in [2.24, 2.45) is 0 Å². The summed E-state index contributed by atoms with van der Waals surface area (Å²) in [6.45, 7) is 32.8. The third-order valence-corrected chi connectivity index (χ3v) is 23.8. The van der Waals surface area contributed by atoms with Gasteiger partial charge in [-0.1, -0.05) is 327 Å². The topological polar surface area (TPSA) is 6.48 Å². The minimum Gasteiger partial charge on any atom is -0.310 e. The minimum atomic E-state index is -0.208. The summed E-state index contributed by atoms with van der Waals surface area (Å²) >= 11 is 0. The molecule has 510 valence electrons. The third kappa shape index (κ3) is 11.1. The average Bonchev–Trinajstić information content (AvgIpc) is 1.58. The van der Waals surface area contributed by atoms with Gasteiger partial charge in [0, 0.05) is 55.8 Å². The van der Waals surface area contributed by atoms with Crippen LogP contribution in [0.4, 0.5) is 34.1 Å². The largest absolute Gasteiger partial charge is 0.310 e. The molecule has 13 aromatic carbocycles. The first-order chi connectivity index (χ1) is 49.8. The molecule has 2 nitrogen and oxygen atoms in total. The van der Waals surface area contributed by atoms with Crippen molar-refractivity contribution in [2.45, 2.75) is 129 Å². The maximum atomic E-state index is 2.47. The van der Waals surface area contributed by atoms with Crippen LogP contribution in [-0.4, -0.2) is 0 Å². The highest BCUT2D eigenvalue weighted by molar-refractivity contribution is 5.92. The molecule has 0 N–H and O–H groups in total. The molecule has 0 radical (unpaired) electrons. The first-order valence-corrected chi connectivity index (χ1v) is 37.4. The van der Waals surface area contributed by atoms with Crippen molar-refractivity contribution in [2.75, 3.05) is 9.80 Å². The Labute approximate surface area is 617 Å². The summed E-state index contributed by atoms with van der Waals surface area (Å²) in [7, 11) is 0. The summed E-state index contributed by atoms with van der Waals surface area (Å²) in [5.41, 5.74) is 40.2. The fourth-order valence-corrected chi connectivity index (χ4v) is 17.6. The van der Waals surface area contributed by atoms with Crippen LogP contribution < -0.4 is 9.80 Å². The van der Waals surface area contributed by atoms with E-state index in [4.69, 9.17) is 0 Å². The summed E-state index contributed by atoms with van der Waals surface area (Å²) in [5.74, 6) is 0. The van der Waals surface area contributed by atoms with E-state index in [0.29, 0.717) is 0 Å². The van der Waals surface area contributed by atoms with E-state index >= 15 is 0 Å². The van der Waals surface area contributed by atoms with Gasteiger partial charge in [-0.2, -0.15) is 0 Å². The Hall–Kier alpha value is -11.1. The Bertz CT molecular complexity index is 5280. The van der Waals surface area contributed by atoms with Crippen molar-refractivity contribution >= 4 is 58.4 Å². The van der Waals surface area contributed by atoms with Gasteiger partial charge in [0.1, 0.15) is 0 Å². The average molecular weight is 1350 g/mol. The number of fused-ring (bicyclic) bond motifs is 12. The lowest BCUT2D eigenvalue weighted by molar-refractivity contribution is 0.590. The van der Waals surface area contributed by atoms with Crippen molar-refractivity contribution < 1.29 is 0 Å². The van der Waals surface area contributed by atoms with Crippen LogP contribution in [0.2, 0.25) is 0 Å². The summed E-state index contributed by atoms with van der Waals surface area (Å²) in [6, 6.07) is 106. The summed E-state index contributed by atoms with van der Waals surface area (Å²) < 4.78 is 0. The molecule has 0 unspecified atom stereocenters. The maximum absolute atomic E-state index is 2.47. The van der Waals surface area contributed by atoms with E-state index in [9.17, 15) is 0 Å². The molecule has 0 atom stereocenters. The molecule has 0 saturated carbocycles. The lowest BCUT2D eigenvalue weighted by Crippen LogP contribution is -2.18. The van der Waals surface area contributed by atoms with Crippen LogP contribution in [0, 0.1) is 0 Å². The molecule has 4 aliphatic carbocycles. The molecule has 13 aromatic rings. The van der Waals surface area contributed by atoms with E-state index in [0.717, 1.165) is 11.4 Å². The van der Waals surface area contributed by atoms with E-state index < -0.39 is 0 Å². The van der Waals surface area contributed by atoms with E-state index in [-0.39, 0.29) is 32.5 Å². The highest BCUT2D eigenvalue weighted by Crippen LogP contribution is 2.57. The van der Waals surface area contributed by atoms with Gasteiger partial charge >= 0.3 is 0 Å². The summed E-state index contributed by atoms with van der Waals surface area (Å²) in [5, 5.41) is 0. The van der Waals surface area contributed by atoms with Gasteiger partial charge < -0.3 is 9.80 Å². The van der Waals surface area contributed by atoms with E-state index in [1.165, 1.54) is 167 Å². The van der Waals surface area contributed by atoms with E-state index in [1.54, 1.807) is 0 Å². The van der Waals surface area contributed by atoms with Crippen LogP contribution in [0.15, 0.2) is 279 Å². The molecule has 104 heavy (non-hydrogen) atoms. The molecule has 17 rings (SSSR count). The molecular weight excluding hydrogens is 1250 g/mol. The monoisotopic (exact) mass is 1340 g/mol. The van der Waals surface area contributed by atoms with Crippen molar-refractivity contribution in [1.82, 2.24) is 0 Å². The van der Waals surface area contributed by atoms with Gasteiger partial charge in [-0.05, 0) is 228 Å². The van der Waals surface area contributed by atoms with Gasteiger partial charge in [0.25, 0.3) is 0 Å². The number of rotatable bonds is 12. The fourth-order valence-electron chi connectivity index (χ4n) is 17.6. The molecule has 0 aromatic heterocycles. The van der Waals surface area contributed by atoms with E-state index in [2.05, 4.69) is 410 Å². The maximum Gasteiger partial charge on any atom is 0.0465 e. The van der Waals surface area contributed by atoms with Crippen LogP contribution in [0.25, 0.3) is 91.1 Å². The molecule has 0 heterocycles. The second-order valence-corrected chi connectivity index (χ2v) is 33.9. The van der Waals surface area contributed by atoms with Gasteiger partial charge in [0.15, 0.2) is 0 Å². The highest BCUT2D eigenvalue weighted by Gasteiger charge is 2.41. The van der Waals surface area contributed by atoms with Crippen LogP contribution in [0.5, 0.6) is 0 Å². The molecule has 0 amide bonds. The Morgan fingerprint density at radius 3 is 0.731 bits per heavy atom. The molecule has 0 bridgehead atoms. The lowest BCUT2D eigenvalue weighted by atomic mass is 9.81. The molecular formula is C102H92N2. The van der Waals surface area contributed by atoms with Crippen molar-refractivity contribution in [3.8, 4) is 66.8 Å². The van der Waals surface area contributed by atoms with Crippen LogP contribution in [0.1, 0.15) is 175 Å². The molecule has 0 spiro atoms. The second kappa shape index (κ2) is 24.3. The number of benzene rings is 13. The standard InChI is InChI=1S/C102H92N2/c1-97(2,3)73-41-45-75(46-42-73)103(77-49-55-85-81-19-15-17-21-89(81)99(7,8)93(85)61-77)79-51-57-87-83-53-31-67(59-91(83)101(11,12)95(87)63-79)25-23-65-27-33-69(34-28-65)71-37-39-72(40-38-71)70-35-29-66(30-36-70)24-26-68-32-54-84-88-58-52-80(64-96(88)102(13,14)92(84)60-68)104(76-47-43-74(44-48-76)98(4,5)6)78-50-56-86-82-20-16-18-22-90(82)100(9,10)94(86)62-78/h15-64H,1-14H3. The summed E-state index contributed by atoms with van der Waals surface area (Å²) in [4.78, 5) is 4.94. The SMILES string of the molecule is CC(C)(C)c1ccc(N(c2ccc3c(c2)C(C)(C)c2ccccc2-3)c2ccc3c(c2)C(C)(C)c2cc(C=Cc4ccc(-c5ccc(-c6ccc(C=Cc7ccc8c(c7)C(C)(C)c7cc(N(c9ccc(C(C)(C)C)cc9)c9ccc%10c(c9)C(C)(C)c9ccccc9-%10)ccc7-8)cc6)cc5)cc4)ccc2-3)cc1. The number of nitrogens with zero attached hydrogens (tertiary/aromatic N) is 2. The summed E-state index contributed by atoms with van der Waals surface area (Å²) in [6.07, 6.45) is 9.03. The Balaban J connectivity index is 0.562. The van der Waals surface area contributed by atoms with Gasteiger partial charge in [-0.15, -0.1) is 0 Å². The predicted octanol–water partition coefficient (Wildman–Crippen LogP) is 28.1. The lowest BCUT2D eigenvalue weighted by Gasteiger charge is -2.30. The van der Waals surface area contributed by atoms with Crippen molar-refractivity contribution in [3.05, 3.63) is 357 Å². The van der Waals surface area contributed by atoms with Crippen molar-refractivity contribution in [1.29, 1.82) is 0 Å². The minimum absolute atomic E-state index is 0.0563. The molecule has 2 heteroatoms. The highest BCUT2D eigenvalue weighted by atomic mass is 15.1. The van der Waals surface area contributed by atoms with E-state index in [1.807, 2.05) is 0 Å². The zero-order valence-corrected chi connectivity index (χ0v) is 62.8. The van der Waals surface area contributed by atoms with Crippen molar-refractivity contribution in [3.63, 3.8) is 0 Å². The van der Waals surface area contributed by atoms with Gasteiger partial charge in [-0.3, -0.25) is 0 Å². The number of anilines is 6. The smallest absolute Gasteiger partial charge is 0.0465 e. The van der Waals surface area contributed by atoms with Crippen LogP contribution in [0.3, 0.4) is 0 Å².